The Labute approximate surface area is 135 Å². The summed E-state index contributed by atoms with van der Waals surface area (Å²) in [6.07, 6.45) is 4.54. The van der Waals surface area contributed by atoms with Crippen LogP contribution in [-0.2, 0) is 4.74 Å². The van der Waals surface area contributed by atoms with Crippen LogP contribution in [0.1, 0.15) is 31.7 Å². The fourth-order valence-corrected chi connectivity index (χ4v) is 2.49. The number of unbranched alkanes of at least 4 members (excludes halogenated alkanes) is 1. The summed E-state index contributed by atoms with van der Waals surface area (Å²) in [4.78, 5) is 13.6. The molecule has 21 heavy (non-hydrogen) atoms. The minimum Gasteiger partial charge on any atom is -0.449 e. The molecule has 0 N–H and O–H groups in total. The lowest BCUT2D eigenvalue weighted by Crippen LogP contribution is -2.35. The summed E-state index contributed by atoms with van der Waals surface area (Å²) in [5.74, 6) is 0. The van der Waals surface area contributed by atoms with E-state index < -0.39 is 0 Å². The molecule has 0 atom stereocenters. The van der Waals surface area contributed by atoms with Crippen molar-refractivity contribution < 1.29 is 9.53 Å². The summed E-state index contributed by atoms with van der Waals surface area (Å²) in [6.45, 7) is 3.80. The Morgan fingerprint density at radius 2 is 2.14 bits per heavy atom. The summed E-state index contributed by atoms with van der Waals surface area (Å²) >= 11 is 12.0. The fourth-order valence-electron chi connectivity index (χ4n) is 2.19. The quantitative estimate of drug-likeness (QED) is 0.726. The Morgan fingerprint density at radius 1 is 1.33 bits per heavy atom. The Bertz CT molecular complexity index is 543. The highest BCUT2D eigenvalue weighted by atomic mass is 35.5. The third kappa shape index (κ3) is 4.39. The number of halogens is 2. The first kappa shape index (κ1) is 16.2. The van der Waals surface area contributed by atoms with Gasteiger partial charge in [-0.2, -0.15) is 0 Å². The first-order valence-corrected chi connectivity index (χ1v) is 7.93. The Kier molecular flexibility index (Phi) is 5.95. The molecule has 3 nitrogen and oxygen atoms in total. The third-order valence-electron chi connectivity index (χ3n) is 3.48. The lowest BCUT2D eigenvalue weighted by Gasteiger charge is -2.26. The number of hydrogen-bond donors (Lipinski definition) is 0. The Balaban J connectivity index is 1.95. The molecule has 0 bridgehead atoms. The van der Waals surface area contributed by atoms with Gasteiger partial charge in [0.2, 0.25) is 0 Å². The standard InChI is InChI=1S/C16H19Cl2NO2/c1-2-3-10-21-16(20)19-8-6-12(7-9-19)13-4-5-14(17)15(18)11-13/h4-6,11H,2-3,7-10H2,1H3. The van der Waals surface area contributed by atoms with Crippen LogP contribution in [0.5, 0.6) is 0 Å². The van der Waals surface area contributed by atoms with Crippen molar-refractivity contribution in [3.05, 3.63) is 39.9 Å². The molecule has 5 heteroatoms. The van der Waals surface area contributed by atoms with Gasteiger partial charge in [-0.3, -0.25) is 0 Å². The van der Waals surface area contributed by atoms with Gasteiger partial charge < -0.3 is 9.64 Å². The monoisotopic (exact) mass is 327 g/mol. The average molecular weight is 328 g/mol. The van der Waals surface area contributed by atoms with Crippen LogP contribution in [-0.4, -0.2) is 30.7 Å². The van der Waals surface area contributed by atoms with Gasteiger partial charge in [-0.05, 0) is 36.1 Å². The largest absolute Gasteiger partial charge is 0.449 e. The van der Waals surface area contributed by atoms with Crippen LogP contribution in [0.4, 0.5) is 4.79 Å². The summed E-state index contributed by atoms with van der Waals surface area (Å²) in [5, 5.41) is 1.11. The highest BCUT2D eigenvalue weighted by Crippen LogP contribution is 2.29. The van der Waals surface area contributed by atoms with E-state index in [9.17, 15) is 4.79 Å². The van der Waals surface area contributed by atoms with Crippen LogP contribution in [0, 0.1) is 0 Å². The lowest BCUT2D eigenvalue weighted by atomic mass is 10.00. The van der Waals surface area contributed by atoms with E-state index in [1.807, 2.05) is 18.2 Å². The van der Waals surface area contributed by atoms with E-state index in [1.165, 1.54) is 5.57 Å². The van der Waals surface area contributed by atoms with Crippen molar-refractivity contribution in [2.75, 3.05) is 19.7 Å². The van der Waals surface area contributed by atoms with Crippen LogP contribution < -0.4 is 0 Å². The van der Waals surface area contributed by atoms with Crippen LogP contribution in [0.25, 0.3) is 5.57 Å². The first-order chi connectivity index (χ1) is 10.1. The zero-order valence-corrected chi connectivity index (χ0v) is 13.6. The van der Waals surface area contributed by atoms with Crippen LogP contribution in [0.3, 0.4) is 0 Å². The molecule has 1 aromatic carbocycles. The second kappa shape index (κ2) is 7.71. The molecule has 0 saturated carbocycles. The van der Waals surface area contributed by atoms with E-state index in [0.29, 0.717) is 29.7 Å². The zero-order chi connectivity index (χ0) is 15.2. The predicted molar refractivity (Wildman–Crippen MR) is 86.9 cm³/mol. The second-order valence-corrected chi connectivity index (χ2v) is 5.84. The number of rotatable bonds is 4. The maximum atomic E-state index is 11.9. The van der Waals surface area contributed by atoms with E-state index >= 15 is 0 Å². The predicted octanol–water partition coefficient (Wildman–Crippen LogP) is 5.02. The van der Waals surface area contributed by atoms with Crippen molar-refractivity contribution in [1.82, 2.24) is 4.90 Å². The molecule has 1 aliphatic heterocycles. The summed E-state index contributed by atoms with van der Waals surface area (Å²) in [5.41, 5.74) is 2.24. The second-order valence-electron chi connectivity index (χ2n) is 5.02. The van der Waals surface area contributed by atoms with Crippen LogP contribution in [0.2, 0.25) is 10.0 Å². The first-order valence-electron chi connectivity index (χ1n) is 7.18. The number of nitrogens with zero attached hydrogens (tertiary/aromatic N) is 1. The molecule has 2 rings (SSSR count). The van der Waals surface area contributed by atoms with Crippen molar-refractivity contribution in [3.63, 3.8) is 0 Å². The normalized spacial score (nSPS) is 14.8. The van der Waals surface area contributed by atoms with Crippen molar-refractivity contribution in [2.24, 2.45) is 0 Å². The molecule has 0 aliphatic carbocycles. The van der Waals surface area contributed by atoms with Gasteiger partial charge in [0.05, 0.1) is 16.7 Å². The van der Waals surface area contributed by atoms with Crippen molar-refractivity contribution >= 4 is 34.9 Å². The maximum Gasteiger partial charge on any atom is 0.410 e. The van der Waals surface area contributed by atoms with E-state index in [2.05, 4.69) is 6.92 Å². The smallest absolute Gasteiger partial charge is 0.410 e. The number of ether oxygens (including phenoxy) is 1. The highest BCUT2D eigenvalue weighted by Gasteiger charge is 2.19. The van der Waals surface area contributed by atoms with Crippen molar-refractivity contribution in [3.8, 4) is 0 Å². The van der Waals surface area contributed by atoms with Gasteiger partial charge in [-0.25, -0.2) is 4.79 Å². The van der Waals surface area contributed by atoms with Crippen LogP contribution in [0.15, 0.2) is 24.3 Å². The van der Waals surface area contributed by atoms with Gasteiger partial charge in [0, 0.05) is 13.1 Å². The molecule has 0 aromatic heterocycles. The molecule has 0 spiro atoms. The van der Waals surface area contributed by atoms with E-state index in [0.717, 1.165) is 24.8 Å². The molecule has 1 heterocycles. The number of carbonyl (C=O) groups is 1. The number of amides is 1. The van der Waals surface area contributed by atoms with Crippen molar-refractivity contribution in [2.45, 2.75) is 26.2 Å². The molecule has 0 fully saturated rings. The molecule has 1 amide bonds. The topological polar surface area (TPSA) is 29.5 Å². The average Bonchev–Trinajstić information content (AvgIpc) is 2.50. The number of hydrogen-bond acceptors (Lipinski definition) is 2. The molecular formula is C16H19Cl2NO2. The van der Waals surface area contributed by atoms with E-state index in [1.54, 1.807) is 11.0 Å². The molecule has 1 aromatic rings. The summed E-state index contributed by atoms with van der Waals surface area (Å²) in [7, 11) is 0. The molecule has 0 saturated heterocycles. The third-order valence-corrected chi connectivity index (χ3v) is 4.22. The van der Waals surface area contributed by atoms with Gasteiger partial charge in [0.15, 0.2) is 0 Å². The van der Waals surface area contributed by atoms with E-state index in [-0.39, 0.29) is 6.09 Å². The number of carbonyl (C=O) groups excluding carboxylic acids is 1. The Hall–Kier alpha value is -1.19. The van der Waals surface area contributed by atoms with Crippen molar-refractivity contribution in [1.29, 1.82) is 0 Å². The highest BCUT2D eigenvalue weighted by molar-refractivity contribution is 6.42. The molecule has 114 valence electrons. The summed E-state index contributed by atoms with van der Waals surface area (Å²) < 4.78 is 5.22. The fraction of sp³-hybridized carbons (Fsp3) is 0.438. The van der Waals surface area contributed by atoms with E-state index in [4.69, 9.17) is 27.9 Å². The SMILES string of the molecule is CCCCOC(=O)N1CC=C(c2ccc(Cl)c(Cl)c2)CC1. The van der Waals surface area contributed by atoms with Gasteiger partial charge in [-0.15, -0.1) is 0 Å². The van der Waals surface area contributed by atoms with Gasteiger partial charge in [-0.1, -0.05) is 48.7 Å². The summed E-state index contributed by atoms with van der Waals surface area (Å²) in [6, 6.07) is 5.62. The molecule has 0 unspecified atom stereocenters. The molecule has 1 aliphatic rings. The number of benzene rings is 1. The maximum absolute atomic E-state index is 11.9. The minimum atomic E-state index is -0.229. The van der Waals surface area contributed by atoms with Gasteiger partial charge in [0.25, 0.3) is 0 Å². The van der Waals surface area contributed by atoms with Gasteiger partial charge in [0.1, 0.15) is 0 Å². The Morgan fingerprint density at radius 3 is 2.76 bits per heavy atom. The minimum absolute atomic E-state index is 0.229. The lowest BCUT2D eigenvalue weighted by molar-refractivity contribution is 0.105. The van der Waals surface area contributed by atoms with Crippen LogP contribution >= 0.6 is 23.2 Å². The van der Waals surface area contributed by atoms with Gasteiger partial charge >= 0.3 is 6.09 Å². The molecule has 0 radical (unpaired) electrons. The zero-order valence-electron chi connectivity index (χ0n) is 12.1. The molecular weight excluding hydrogens is 309 g/mol.